The molecule has 20 heavy (non-hydrogen) atoms. The number of hydrogen-bond donors (Lipinski definition) is 2. The van der Waals surface area contributed by atoms with Crippen molar-refractivity contribution >= 4 is 11.6 Å². The first kappa shape index (κ1) is 14.2. The molecule has 6 nitrogen and oxygen atoms in total. The highest BCUT2D eigenvalue weighted by Crippen LogP contribution is 2.19. The van der Waals surface area contributed by atoms with E-state index in [-0.39, 0.29) is 11.8 Å². The molecule has 3 N–H and O–H groups in total. The molecule has 0 aliphatic rings. The highest BCUT2D eigenvalue weighted by Gasteiger charge is 2.20. The molecule has 2 rings (SSSR count). The lowest BCUT2D eigenvalue weighted by atomic mass is 9.99. The summed E-state index contributed by atoms with van der Waals surface area (Å²) in [6.07, 6.45) is 4.17. The zero-order chi connectivity index (χ0) is 14.5. The highest BCUT2D eigenvalue weighted by molar-refractivity contribution is 5.96. The van der Waals surface area contributed by atoms with Crippen LogP contribution in [0.2, 0.25) is 0 Å². The quantitative estimate of drug-likeness (QED) is 0.866. The smallest absolute Gasteiger partial charge is 0.241 e. The molecule has 0 aliphatic carbocycles. The molecule has 1 aromatic heterocycles. The van der Waals surface area contributed by atoms with Gasteiger partial charge >= 0.3 is 0 Å². The van der Waals surface area contributed by atoms with Crippen LogP contribution in [0.15, 0.2) is 36.7 Å². The summed E-state index contributed by atoms with van der Waals surface area (Å²) in [5, 5.41) is 10.6. The number of nitrogens with one attached hydrogen (secondary N) is 1. The molecule has 0 radical (unpaired) electrons. The molecule has 106 valence electrons. The maximum Gasteiger partial charge on any atom is 0.241 e. The summed E-state index contributed by atoms with van der Waals surface area (Å²) in [5.41, 5.74) is 7.37. The largest absolute Gasteiger partial charge is 0.323 e. The Morgan fingerprint density at radius 1 is 1.45 bits per heavy atom. The third-order valence-electron chi connectivity index (χ3n) is 3.39. The molecule has 0 aliphatic heterocycles. The molecule has 0 fully saturated rings. The number of carbonyl (C=O) groups excluding carboxylic acids is 1. The van der Waals surface area contributed by atoms with Crippen LogP contribution in [0.25, 0.3) is 5.69 Å². The van der Waals surface area contributed by atoms with E-state index in [0.29, 0.717) is 5.69 Å². The SMILES string of the molecule is CCC(C)C(N)C(=O)Nc1ccccc1-n1ccnn1. The van der Waals surface area contributed by atoms with Gasteiger partial charge in [-0.25, -0.2) is 4.68 Å². The Kier molecular flexibility index (Phi) is 4.47. The molecule has 2 unspecified atom stereocenters. The number of amides is 1. The molecule has 0 saturated heterocycles. The van der Waals surface area contributed by atoms with Crippen LogP contribution < -0.4 is 11.1 Å². The Morgan fingerprint density at radius 3 is 2.85 bits per heavy atom. The normalized spacial score (nSPS) is 13.8. The third-order valence-corrected chi connectivity index (χ3v) is 3.39. The van der Waals surface area contributed by atoms with Gasteiger partial charge in [0.05, 0.1) is 29.8 Å². The number of aromatic nitrogens is 3. The fraction of sp³-hybridized carbons (Fsp3) is 0.357. The summed E-state index contributed by atoms with van der Waals surface area (Å²) >= 11 is 0. The van der Waals surface area contributed by atoms with Gasteiger partial charge in [0.15, 0.2) is 0 Å². The van der Waals surface area contributed by atoms with Crippen molar-refractivity contribution in [3.63, 3.8) is 0 Å². The lowest BCUT2D eigenvalue weighted by molar-refractivity contribution is -0.118. The van der Waals surface area contributed by atoms with Crippen molar-refractivity contribution in [2.45, 2.75) is 26.3 Å². The number of nitrogens with two attached hydrogens (primary N) is 1. The van der Waals surface area contributed by atoms with E-state index in [1.807, 2.05) is 38.1 Å². The molecule has 1 heterocycles. The van der Waals surface area contributed by atoms with Gasteiger partial charge in [0.2, 0.25) is 5.91 Å². The van der Waals surface area contributed by atoms with Crippen molar-refractivity contribution in [2.24, 2.45) is 11.7 Å². The van der Waals surface area contributed by atoms with Gasteiger partial charge in [0.25, 0.3) is 0 Å². The van der Waals surface area contributed by atoms with Gasteiger partial charge in [0.1, 0.15) is 0 Å². The average molecular weight is 273 g/mol. The molecule has 2 atom stereocenters. The van der Waals surface area contributed by atoms with Gasteiger partial charge in [-0.2, -0.15) is 0 Å². The zero-order valence-corrected chi connectivity index (χ0v) is 11.7. The molecule has 0 spiro atoms. The second kappa shape index (κ2) is 6.29. The molecule has 6 heteroatoms. The molecule has 0 bridgehead atoms. The zero-order valence-electron chi connectivity index (χ0n) is 11.7. The van der Waals surface area contributed by atoms with Crippen molar-refractivity contribution < 1.29 is 4.79 Å². The lowest BCUT2D eigenvalue weighted by Gasteiger charge is -2.18. The predicted octanol–water partition coefficient (Wildman–Crippen LogP) is 1.58. The van der Waals surface area contributed by atoms with Crippen LogP contribution in [0.1, 0.15) is 20.3 Å². The van der Waals surface area contributed by atoms with Crippen LogP contribution in [0.4, 0.5) is 5.69 Å². The second-order valence-corrected chi connectivity index (χ2v) is 4.77. The summed E-state index contributed by atoms with van der Waals surface area (Å²) < 4.78 is 1.60. The van der Waals surface area contributed by atoms with E-state index < -0.39 is 6.04 Å². The van der Waals surface area contributed by atoms with Gasteiger partial charge in [-0.05, 0) is 18.1 Å². The Morgan fingerprint density at radius 2 is 2.20 bits per heavy atom. The van der Waals surface area contributed by atoms with Crippen LogP contribution in [0.3, 0.4) is 0 Å². The predicted molar refractivity (Wildman–Crippen MR) is 77.4 cm³/mol. The minimum Gasteiger partial charge on any atom is -0.323 e. The number of para-hydroxylation sites is 2. The number of hydrogen-bond acceptors (Lipinski definition) is 4. The fourth-order valence-electron chi connectivity index (χ4n) is 1.84. The minimum absolute atomic E-state index is 0.133. The minimum atomic E-state index is -0.524. The Bertz CT molecular complexity index is 567. The standard InChI is InChI=1S/C14H19N5O/c1-3-10(2)13(15)14(20)17-11-6-4-5-7-12(11)19-9-8-16-18-19/h4-10,13H,3,15H2,1-2H3,(H,17,20). The number of carbonyl (C=O) groups is 1. The summed E-state index contributed by atoms with van der Waals surface area (Å²) in [6.45, 7) is 3.98. The van der Waals surface area contributed by atoms with E-state index in [4.69, 9.17) is 5.73 Å². The van der Waals surface area contributed by atoms with Gasteiger partial charge < -0.3 is 11.1 Å². The summed E-state index contributed by atoms with van der Waals surface area (Å²) in [4.78, 5) is 12.2. The van der Waals surface area contributed by atoms with Crippen molar-refractivity contribution in [3.8, 4) is 5.69 Å². The number of benzene rings is 1. The van der Waals surface area contributed by atoms with Crippen LogP contribution in [-0.2, 0) is 4.79 Å². The van der Waals surface area contributed by atoms with Gasteiger partial charge in [-0.1, -0.05) is 37.6 Å². The van der Waals surface area contributed by atoms with Crippen LogP contribution in [0, 0.1) is 5.92 Å². The molecule has 1 aromatic carbocycles. The van der Waals surface area contributed by atoms with Gasteiger partial charge in [-0.3, -0.25) is 4.79 Å². The van der Waals surface area contributed by atoms with Crippen LogP contribution >= 0.6 is 0 Å². The van der Waals surface area contributed by atoms with Gasteiger partial charge in [-0.15, -0.1) is 5.10 Å². The summed E-state index contributed by atoms with van der Waals surface area (Å²) in [7, 11) is 0. The molecule has 0 saturated carbocycles. The van der Waals surface area contributed by atoms with Gasteiger partial charge in [0, 0.05) is 0 Å². The number of nitrogens with zero attached hydrogens (tertiary/aromatic N) is 3. The van der Waals surface area contributed by atoms with Crippen molar-refractivity contribution in [1.82, 2.24) is 15.0 Å². The van der Waals surface area contributed by atoms with E-state index in [9.17, 15) is 4.79 Å². The molecular weight excluding hydrogens is 254 g/mol. The maximum absolute atomic E-state index is 12.2. The Hall–Kier alpha value is -2.21. The Labute approximate surface area is 118 Å². The first-order valence-corrected chi connectivity index (χ1v) is 6.65. The van der Waals surface area contributed by atoms with E-state index >= 15 is 0 Å². The summed E-state index contributed by atoms with van der Waals surface area (Å²) in [5.74, 6) is -0.0551. The second-order valence-electron chi connectivity index (χ2n) is 4.77. The summed E-state index contributed by atoms with van der Waals surface area (Å²) in [6, 6.07) is 6.88. The van der Waals surface area contributed by atoms with Crippen molar-refractivity contribution in [2.75, 3.05) is 5.32 Å². The van der Waals surface area contributed by atoms with E-state index in [2.05, 4.69) is 15.6 Å². The first-order valence-electron chi connectivity index (χ1n) is 6.65. The van der Waals surface area contributed by atoms with Crippen molar-refractivity contribution in [3.05, 3.63) is 36.7 Å². The van der Waals surface area contributed by atoms with Crippen LogP contribution in [-0.4, -0.2) is 26.9 Å². The molecule has 2 aromatic rings. The van der Waals surface area contributed by atoms with Crippen molar-refractivity contribution in [1.29, 1.82) is 0 Å². The van der Waals surface area contributed by atoms with E-state index in [1.165, 1.54) is 0 Å². The highest BCUT2D eigenvalue weighted by atomic mass is 16.2. The molecule has 1 amide bonds. The monoisotopic (exact) mass is 273 g/mol. The first-order chi connectivity index (χ1) is 9.63. The molecular formula is C14H19N5O. The topological polar surface area (TPSA) is 85.8 Å². The van der Waals surface area contributed by atoms with E-state index in [1.54, 1.807) is 17.1 Å². The maximum atomic E-state index is 12.2. The lowest BCUT2D eigenvalue weighted by Crippen LogP contribution is -2.40. The van der Waals surface area contributed by atoms with E-state index in [0.717, 1.165) is 12.1 Å². The Balaban J connectivity index is 2.20. The fourth-order valence-corrected chi connectivity index (χ4v) is 1.84. The number of rotatable bonds is 5. The number of anilines is 1. The average Bonchev–Trinajstić information content (AvgIpc) is 3.00. The third kappa shape index (κ3) is 3.03. The van der Waals surface area contributed by atoms with Crippen LogP contribution in [0.5, 0.6) is 0 Å².